The van der Waals surface area contributed by atoms with Gasteiger partial charge in [0.15, 0.2) is 5.82 Å². The Morgan fingerprint density at radius 2 is 1.88 bits per heavy atom. The SMILES string of the molecule is O=C(CCNS(=O)(=O)c1ccccc1)Nc1ccc(F)c(-c2nnc3n2CCCCC3)c1. The number of benzene rings is 2. The maximum Gasteiger partial charge on any atom is 0.240 e. The monoisotopic (exact) mass is 457 g/mol. The highest BCUT2D eigenvalue weighted by Gasteiger charge is 2.19. The van der Waals surface area contributed by atoms with Gasteiger partial charge in [0.2, 0.25) is 15.9 Å². The number of carbonyl (C=O) groups is 1. The van der Waals surface area contributed by atoms with Crippen molar-refractivity contribution in [3.63, 3.8) is 0 Å². The normalized spacial score (nSPS) is 13.9. The van der Waals surface area contributed by atoms with Crippen LogP contribution in [0.3, 0.4) is 0 Å². The number of rotatable bonds is 7. The molecule has 0 aliphatic carbocycles. The quantitative estimate of drug-likeness (QED) is 0.567. The summed E-state index contributed by atoms with van der Waals surface area (Å²) in [5.41, 5.74) is 0.677. The summed E-state index contributed by atoms with van der Waals surface area (Å²) in [6.45, 7) is 0.671. The van der Waals surface area contributed by atoms with Crippen LogP contribution in [0.5, 0.6) is 0 Å². The second-order valence-electron chi connectivity index (χ2n) is 7.61. The van der Waals surface area contributed by atoms with E-state index in [0.29, 0.717) is 11.5 Å². The molecule has 10 heteroatoms. The van der Waals surface area contributed by atoms with Crippen LogP contribution in [0, 0.1) is 5.82 Å². The van der Waals surface area contributed by atoms with Crippen molar-refractivity contribution in [1.29, 1.82) is 0 Å². The number of hydrogen-bond acceptors (Lipinski definition) is 5. The summed E-state index contributed by atoms with van der Waals surface area (Å²) in [5, 5.41) is 11.1. The van der Waals surface area contributed by atoms with Crippen molar-refractivity contribution >= 4 is 21.6 Å². The lowest BCUT2D eigenvalue weighted by Crippen LogP contribution is -2.27. The Labute approximate surface area is 185 Å². The van der Waals surface area contributed by atoms with Crippen LogP contribution in [0.2, 0.25) is 0 Å². The Morgan fingerprint density at radius 3 is 2.69 bits per heavy atom. The molecule has 1 aliphatic rings. The van der Waals surface area contributed by atoms with Gasteiger partial charge in [-0.15, -0.1) is 10.2 Å². The zero-order valence-electron chi connectivity index (χ0n) is 17.4. The fourth-order valence-electron chi connectivity index (χ4n) is 3.66. The van der Waals surface area contributed by atoms with E-state index < -0.39 is 21.7 Å². The number of anilines is 1. The number of sulfonamides is 1. The molecule has 0 spiro atoms. The Kier molecular flexibility index (Phi) is 6.61. The number of aryl methyl sites for hydroxylation is 1. The fraction of sp³-hybridized carbons (Fsp3) is 0.318. The van der Waals surface area contributed by atoms with Crippen LogP contribution in [-0.4, -0.2) is 35.6 Å². The van der Waals surface area contributed by atoms with Gasteiger partial charge in [-0.05, 0) is 43.2 Å². The minimum absolute atomic E-state index is 0.0607. The molecule has 0 saturated heterocycles. The first-order chi connectivity index (χ1) is 15.4. The van der Waals surface area contributed by atoms with Crippen molar-refractivity contribution < 1.29 is 17.6 Å². The number of amides is 1. The lowest BCUT2D eigenvalue weighted by atomic mass is 10.1. The summed E-state index contributed by atoms with van der Waals surface area (Å²) in [6.07, 6.45) is 3.85. The highest BCUT2D eigenvalue weighted by atomic mass is 32.2. The van der Waals surface area contributed by atoms with E-state index in [1.54, 1.807) is 18.2 Å². The van der Waals surface area contributed by atoms with Crippen LogP contribution >= 0.6 is 0 Å². The van der Waals surface area contributed by atoms with Gasteiger partial charge in [-0.25, -0.2) is 17.5 Å². The van der Waals surface area contributed by atoms with E-state index in [2.05, 4.69) is 20.2 Å². The third-order valence-electron chi connectivity index (χ3n) is 5.30. The van der Waals surface area contributed by atoms with Crippen LogP contribution in [0.1, 0.15) is 31.5 Å². The van der Waals surface area contributed by atoms with Gasteiger partial charge in [0, 0.05) is 31.6 Å². The first-order valence-corrected chi connectivity index (χ1v) is 12.0. The molecule has 1 amide bonds. The molecule has 0 bridgehead atoms. The standard InChI is InChI=1S/C22H24FN5O3S/c23-19-11-10-16(15-18(19)22-27-26-20-9-5-2-6-14-28(20)22)25-21(29)12-13-24-32(30,31)17-7-3-1-4-8-17/h1,3-4,7-8,10-11,15,24H,2,5-6,9,12-14H2,(H,25,29). The molecular weight excluding hydrogens is 433 g/mol. The molecule has 2 aromatic carbocycles. The molecule has 0 radical (unpaired) electrons. The van der Waals surface area contributed by atoms with Crippen LogP contribution in [0.25, 0.3) is 11.4 Å². The van der Waals surface area contributed by atoms with E-state index in [1.165, 1.54) is 30.3 Å². The molecule has 8 nitrogen and oxygen atoms in total. The van der Waals surface area contributed by atoms with Crippen molar-refractivity contribution in [1.82, 2.24) is 19.5 Å². The van der Waals surface area contributed by atoms with E-state index >= 15 is 0 Å². The maximum absolute atomic E-state index is 14.6. The average Bonchev–Trinajstić information content (AvgIpc) is 3.03. The Morgan fingerprint density at radius 1 is 1.06 bits per heavy atom. The predicted octanol–water partition coefficient (Wildman–Crippen LogP) is 3.12. The van der Waals surface area contributed by atoms with Crippen LogP contribution in [-0.2, 0) is 27.8 Å². The smallest absolute Gasteiger partial charge is 0.240 e. The number of nitrogens with zero attached hydrogens (tertiary/aromatic N) is 3. The summed E-state index contributed by atoms with van der Waals surface area (Å²) in [5.74, 6) is 0.458. The van der Waals surface area contributed by atoms with Crippen molar-refractivity contribution in [2.24, 2.45) is 0 Å². The van der Waals surface area contributed by atoms with Gasteiger partial charge in [-0.3, -0.25) is 4.79 Å². The zero-order valence-corrected chi connectivity index (χ0v) is 18.2. The Hall–Kier alpha value is -3.11. The summed E-state index contributed by atoms with van der Waals surface area (Å²) in [6, 6.07) is 12.2. The number of fused-ring (bicyclic) bond motifs is 1. The third kappa shape index (κ3) is 5.03. The van der Waals surface area contributed by atoms with Gasteiger partial charge in [0.25, 0.3) is 0 Å². The van der Waals surface area contributed by atoms with E-state index in [0.717, 1.165) is 38.1 Å². The number of carbonyl (C=O) groups excluding carboxylic acids is 1. The molecule has 4 rings (SSSR count). The molecule has 168 valence electrons. The summed E-state index contributed by atoms with van der Waals surface area (Å²) in [7, 11) is -3.68. The lowest BCUT2D eigenvalue weighted by molar-refractivity contribution is -0.116. The molecule has 32 heavy (non-hydrogen) atoms. The highest BCUT2D eigenvalue weighted by Crippen LogP contribution is 2.27. The number of aromatic nitrogens is 3. The summed E-state index contributed by atoms with van der Waals surface area (Å²) >= 11 is 0. The first-order valence-electron chi connectivity index (χ1n) is 10.5. The lowest BCUT2D eigenvalue weighted by Gasteiger charge is -2.11. The second kappa shape index (κ2) is 9.58. The molecule has 0 fully saturated rings. The molecule has 2 N–H and O–H groups in total. The Bertz CT molecular complexity index is 1210. The topological polar surface area (TPSA) is 106 Å². The summed E-state index contributed by atoms with van der Waals surface area (Å²) in [4.78, 5) is 12.5. The molecule has 2 heterocycles. The summed E-state index contributed by atoms with van der Waals surface area (Å²) < 4.78 is 43.4. The molecule has 0 atom stereocenters. The zero-order chi connectivity index (χ0) is 22.6. The minimum atomic E-state index is -3.68. The van der Waals surface area contributed by atoms with Gasteiger partial charge in [0.05, 0.1) is 10.5 Å². The van der Waals surface area contributed by atoms with Crippen molar-refractivity contribution in [3.05, 3.63) is 60.2 Å². The van der Waals surface area contributed by atoms with E-state index in [4.69, 9.17) is 0 Å². The van der Waals surface area contributed by atoms with Crippen molar-refractivity contribution in [2.45, 2.75) is 43.5 Å². The van der Waals surface area contributed by atoms with Crippen molar-refractivity contribution in [3.8, 4) is 11.4 Å². The van der Waals surface area contributed by atoms with Crippen molar-refractivity contribution in [2.75, 3.05) is 11.9 Å². The van der Waals surface area contributed by atoms with Gasteiger partial charge in [0.1, 0.15) is 11.6 Å². The van der Waals surface area contributed by atoms with E-state index in [9.17, 15) is 17.6 Å². The Balaban J connectivity index is 1.41. The van der Waals surface area contributed by atoms with Gasteiger partial charge >= 0.3 is 0 Å². The molecule has 0 unspecified atom stereocenters. The maximum atomic E-state index is 14.6. The minimum Gasteiger partial charge on any atom is -0.326 e. The average molecular weight is 458 g/mol. The van der Waals surface area contributed by atoms with E-state index in [-0.39, 0.29) is 23.4 Å². The predicted molar refractivity (Wildman–Crippen MR) is 118 cm³/mol. The van der Waals surface area contributed by atoms with Crippen LogP contribution in [0.15, 0.2) is 53.4 Å². The van der Waals surface area contributed by atoms with Gasteiger partial charge < -0.3 is 9.88 Å². The largest absolute Gasteiger partial charge is 0.326 e. The highest BCUT2D eigenvalue weighted by molar-refractivity contribution is 7.89. The number of hydrogen-bond donors (Lipinski definition) is 2. The molecule has 1 aromatic heterocycles. The van der Waals surface area contributed by atoms with Crippen LogP contribution in [0.4, 0.5) is 10.1 Å². The molecule has 3 aromatic rings. The molecule has 0 saturated carbocycles. The third-order valence-corrected chi connectivity index (χ3v) is 6.78. The van der Waals surface area contributed by atoms with Gasteiger partial charge in [-0.2, -0.15) is 0 Å². The first kappa shape index (κ1) is 22.1. The number of halogens is 1. The number of nitrogens with one attached hydrogen (secondary N) is 2. The molecule has 1 aliphatic heterocycles. The van der Waals surface area contributed by atoms with Gasteiger partial charge in [-0.1, -0.05) is 24.6 Å². The molecular formula is C22H24FN5O3S. The fourth-order valence-corrected chi connectivity index (χ4v) is 4.72. The van der Waals surface area contributed by atoms with E-state index in [1.807, 2.05) is 4.57 Å². The van der Waals surface area contributed by atoms with Crippen LogP contribution < -0.4 is 10.0 Å². The second-order valence-corrected chi connectivity index (χ2v) is 9.37.